The van der Waals surface area contributed by atoms with E-state index < -0.39 is 34.1 Å². The van der Waals surface area contributed by atoms with Gasteiger partial charge in [-0.2, -0.15) is 0 Å². The van der Waals surface area contributed by atoms with Crippen LogP contribution in [0.25, 0.3) is 0 Å². The predicted molar refractivity (Wildman–Crippen MR) is 138 cm³/mol. The molecule has 0 unspecified atom stereocenters. The van der Waals surface area contributed by atoms with Gasteiger partial charge in [0.25, 0.3) is 0 Å². The van der Waals surface area contributed by atoms with Crippen molar-refractivity contribution in [3.8, 4) is 0 Å². The second-order valence-electron chi connectivity index (χ2n) is 8.91. The van der Waals surface area contributed by atoms with Gasteiger partial charge in [-0.3, -0.25) is 13.9 Å². The van der Waals surface area contributed by atoms with Crippen molar-refractivity contribution in [2.24, 2.45) is 0 Å². The Morgan fingerprint density at radius 2 is 1.62 bits per heavy atom. The number of amides is 2. The van der Waals surface area contributed by atoms with Gasteiger partial charge < -0.3 is 10.2 Å². The van der Waals surface area contributed by atoms with E-state index in [-0.39, 0.29) is 28.2 Å². The largest absolute Gasteiger partial charge is 0.350 e. The molecule has 1 atom stereocenters. The Kier molecular flexibility index (Phi) is 9.27. The summed E-state index contributed by atoms with van der Waals surface area (Å²) in [5.74, 6) is -0.963. The summed E-state index contributed by atoms with van der Waals surface area (Å²) in [6.07, 6.45) is 0.969. The number of carbonyl (C=O) groups is 2. The molecule has 0 spiro atoms. The SMILES string of the molecule is C[C@@H](C(=O)NC(C)(C)C)N(Cc1ccc(Cl)cc1)C(=O)CN(c1cccc(Cl)c1Cl)S(C)(=O)=O. The molecular weight excluding hydrogens is 521 g/mol. The van der Waals surface area contributed by atoms with E-state index in [4.69, 9.17) is 34.8 Å². The van der Waals surface area contributed by atoms with Crippen LogP contribution in [-0.4, -0.2) is 49.5 Å². The number of halogens is 3. The summed E-state index contributed by atoms with van der Waals surface area (Å²) in [6, 6.07) is 10.4. The molecule has 0 aliphatic carbocycles. The quantitative estimate of drug-likeness (QED) is 0.516. The lowest BCUT2D eigenvalue weighted by molar-refractivity contribution is -0.140. The van der Waals surface area contributed by atoms with Gasteiger partial charge >= 0.3 is 0 Å². The summed E-state index contributed by atoms with van der Waals surface area (Å²) in [5, 5.41) is 3.54. The number of anilines is 1. The molecular formula is C23H28Cl3N3O4S. The number of rotatable bonds is 8. The molecule has 0 aliphatic rings. The summed E-state index contributed by atoms with van der Waals surface area (Å²) in [4.78, 5) is 27.7. The lowest BCUT2D eigenvalue weighted by Gasteiger charge is -2.33. The third-order valence-electron chi connectivity index (χ3n) is 4.81. The van der Waals surface area contributed by atoms with Crippen molar-refractivity contribution < 1.29 is 18.0 Å². The van der Waals surface area contributed by atoms with E-state index in [0.29, 0.717) is 5.02 Å². The average molecular weight is 549 g/mol. The van der Waals surface area contributed by atoms with Crippen LogP contribution in [0, 0.1) is 0 Å². The van der Waals surface area contributed by atoms with Crippen LogP contribution >= 0.6 is 34.8 Å². The summed E-state index contributed by atoms with van der Waals surface area (Å²) in [5.41, 5.74) is 0.274. The number of hydrogen-bond acceptors (Lipinski definition) is 4. The Bertz CT molecular complexity index is 1150. The number of sulfonamides is 1. The Morgan fingerprint density at radius 1 is 1.03 bits per heavy atom. The van der Waals surface area contributed by atoms with Crippen molar-refractivity contribution in [2.45, 2.75) is 45.8 Å². The first kappa shape index (κ1) is 28.2. The molecule has 186 valence electrons. The molecule has 0 fully saturated rings. The lowest BCUT2D eigenvalue weighted by Crippen LogP contribution is -2.54. The predicted octanol–water partition coefficient (Wildman–Crippen LogP) is 4.74. The van der Waals surface area contributed by atoms with E-state index in [1.807, 2.05) is 20.8 Å². The number of benzene rings is 2. The fourth-order valence-corrected chi connectivity index (χ4v) is 4.55. The summed E-state index contributed by atoms with van der Waals surface area (Å²) in [7, 11) is -3.91. The van der Waals surface area contributed by atoms with Gasteiger partial charge in [0, 0.05) is 17.1 Å². The van der Waals surface area contributed by atoms with Crippen molar-refractivity contribution in [2.75, 3.05) is 17.1 Å². The molecule has 2 rings (SSSR count). The maximum absolute atomic E-state index is 13.5. The monoisotopic (exact) mass is 547 g/mol. The van der Waals surface area contributed by atoms with E-state index in [9.17, 15) is 18.0 Å². The van der Waals surface area contributed by atoms with Crippen LogP contribution in [-0.2, 0) is 26.2 Å². The number of nitrogens with zero attached hydrogens (tertiary/aromatic N) is 2. The van der Waals surface area contributed by atoms with Gasteiger partial charge in [-0.1, -0.05) is 53.0 Å². The zero-order chi connectivity index (χ0) is 25.8. The highest BCUT2D eigenvalue weighted by molar-refractivity contribution is 7.92. The van der Waals surface area contributed by atoms with E-state index >= 15 is 0 Å². The molecule has 0 saturated heterocycles. The average Bonchev–Trinajstić information content (AvgIpc) is 2.71. The molecule has 7 nitrogen and oxygen atoms in total. The highest BCUT2D eigenvalue weighted by atomic mass is 35.5. The third kappa shape index (κ3) is 7.77. The smallest absolute Gasteiger partial charge is 0.244 e. The van der Waals surface area contributed by atoms with Crippen LogP contribution in [0.3, 0.4) is 0 Å². The highest BCUT2D eigenvalue weighted by Gasteiger charge is 2.32. The van der Waals surface area contributed by atoms with Gasteiger partial charge in [0.15, 0.2) is 0 Å². The molecule has 0 heterocycles. The molecule has 2 aromatic carbocycles. The number of carbonyl (C=O) groups excluding carboxylic acids is 2. The topological polar surface area (TPSA) is 86.8 Å². The molecule has 0 aromatic heterocycles. The Morgan fingerprint density at radius 3 is 2.15 bits per heavy atom. The molecule has 2 amide bonds. The second kappa shape index (κ2) is 11.2. The zero-order valence-corrected chi connectivity index (χ0v) is 22.7. The van der Waals surface area contributed by atoms with Crippen LogP contribution < -0.4 is 9.62 Å². The number of nitrogens with one attached hydrogen (secondary N) is 1. The van der Waals surface area contributed by atoms with Gasteiger partial charge in [-0.05, 0) is 57.5 Å². The highest BCUT2D eigenvalue weighted by Crippen LogP contribution is 2.33. The first-order valence-electron chi connectivity index (χ1n) is 10.4. The van der Waals surface area contributed by atoms with Crippen LogP contribution in [0.2, 0.25) is 15.1 Å². The second-order valence-corrected chi connectivity index (χ2v) is 12.0. The minimum Gasteiger partial charge on any atom is -0.350 e. The third-order valence-corrected chi connectivity index (χ3v) is 7.00. The normalized spacial score (nSPS) is 12.7. The summed E-state index contributed by atoms with van der Waals surface area (Å²) >= 11 is 18.3. The lowest BCUT2D eigenvalue weighted by atomic mass is 10.1. The van der Waals surface area contributed by atoms with Gasteiger partial charge in [0.1, 0.15) is 12.6 Å². The van der Waals surface area contributed by atoms with Gasteiger partial charge in [-0.25, -0.2) is 8.42 Å². The Balaban J connectivity index is 2.44. The molecule has 0 aliphatic heterocycles. The first-order valence-corrected chi connectivity index (χ1v) is 13.4. The Hall–Kier alpha value is -2.00. The molecule has 11 heteroatoms. The van der Waals surface area contributed by atoms with Gasteiger partial charge in [0.2, 0.25) is 21.8 Å². The molecule has 1 N–H and O–H groups in total. The fraction of sp³-hybridized carbons (Fsp3) is 0.391. The number of hydrogen-bond donors (Lipinski definition) is 1. The van der Waals surface area contributed by atoms with Crippen LogP contribution in [0.4, 0.5) is 5.69 Å². The maximum atomic E-state index is 13.5. The molecule has 34 heavy (non-hydrogen) atoms. The summed E-state index contributed by atoms with van der Waals surface area (Å²) < 4.78 is 26.1. The van der Waals surface area contributed by atoms with Crippen LogP contribution in [0.5, 0.6) is 0 Å². The van der Waals surface area contributed by atoms with Crippen molar-refractivity contribution in [1.82, 2.24) is 10.2 Å². The van der Waals surface area contributed by atoms with Crippen LogP contribution in [0.1, 0.15) is 33.3 Å². The van der Waals surface area contributed by atoms with Crippen molar-refractivity contribution >= 4 is 62.3 Å². The van der Waals surface area contributed by atoms with E-state index in [2.05, 4.69) is 5.32 Å². The van der Waals surface area contributed by atoms with E-state index in [0.717, 1.165) is 16.1 Å². The summed E-state index contributed by atoms with van der Waals surface area (Å²) in [6.45, 7) is 6.57. The van der Waals surface area contributed by atoms with Crippen molar-refractivity contribution in [3.05, 3.63) is 63.1 Å². The van der Waals surface area contributed by atoms with Crippen molar-refractivity contribution in [3.63, 3.8) is 0 Å². The zero-order valence-electron chi connectivity index (χ0n) is 19.6. The maximum Gasteiger partial charge on any atom is 0.244 e. The van der Waals surface area contributed by atoms with E-state index in [1.165, 1.54) is 23.1 Å². The van der Waals surface area contributed by atoms with Crippen LogP contribution in [0.15, 0.2) is 42.5 Å². The van der Waals surface area contributed by atoms with Crippen molar-refractivity contribution in [1.29, 1.82) is 0 Å². The minimum atomic E-state index is -3.91. The van der Waals surface area contributed by atoms with E-state index in [1.54, 1.807) is 31.2 Å². The standard InChI is InChI=1S/C23H28Cl3N3O4S/c1-15(22(31)27-23(2,3)4)28(13-16-9-11-17(24)12-10-16)20(30)14-29(34(5,32)33)19-8-6-7-18(25)21(19)26/h6-12,15H,13-14H2,1-5H3,(H,27,31)/t15-/m0/s1. The first-order chi connectivity index (χ1) is 15.6. The van der Waals surface area contributed by atoms with Gasteiger partial charge in [-0.15, -0.1) is 0 Å². The minimum absolute atomic E-state index is 0.00478. The molecule has 2 aromatic rings. The Labute approximate surface area is 216 Å². The molecule has 0 saturated carbocycles. The van der Waals surface area contributed by atoms with Gasteiger partial charge in [0.05, 0.1) is 22.0 Å². The molecule has 0 radical (unpaired) electrons. The fourth-order valence-electron chi connectivity index (χ4n) is 3.12. The molecule has 0 bridgehead atoms.